The van der Waals surface area contributed by atoms with Gasteiger partial charge in [-0.2, -0.15) is 0 Å². The van der Waals surface area contributed by atoms with E-state index >= 15 is 0 Å². The highest BCUT2D eigenvalue weighted by Crippen LogP contribution is 2.31. The number of H-pyrrole nitrogens is 1. The third-order valence-electron chi connectivity index (χ3n) is 4.70. The van der Waals surface area contributed by atoms with Crippen LogP contribution in [-0.2, 0) is 6.54 Å². The quantitative estimate of drug-likeness (QED) is 0.386. The summed E-state index contributed by atoms with van der Waals surface area (Å²) in [5, 5.41) is 14.7. The topological polar surface area (TPSA) is 119 Å². The molecule has 0 aliphatic rings. The van der Waals surface area contributed by atoms with Gasteiger partial charge in [-0.3, -0.25) is 5.32 Å². The number of benzene rings is 2. The molecule has 1 atom stereocenters. The van der Waals surface area contributed by atoms with Gasteiger partial charge < -0.3 is 9.72 Å². The van der Waals surface area contributed by atoms with E-state index in [0.29, 0.717) is 29.2 Å². The maximum Gasteiger partial charge on any atom is 0.229 e. The number of hydrogen-bond donors (Lipinski definition) is 2. The molecule has 11 heteroatoms. The molecule has 0 saturated carbocycles. The van der Waals surface area contributed by atoms with Crippen molar-refractivity contribution in [1.82, 2.24) is 40.1 Å². The summed E-state index contributed by atoms with van der Waals surface area (Å²) < 4.78 is 7.60. The van der Waals surface area contributed by atoms with Gasteiger partial charge in [0, 0.05) is 18.0 Å². The largest absolute Gasteiger partial charge is 0.487 e. The number of ether oxygens (including phenoxy) is 1. The highest BCUT2D eigenvalue weighted by atomic mass is 35.5. The van der Waals surface area contributed by atoms with Gasteiger partial charge in [0.05, 0.1) is 22.6 Å². The smallest absolute Gasteiger partial charge is 0.229 e. The van der Waals surface area contributed by atoms with Crippen molar-refractivity contribution in [2.75, 3.05) is 5.32 Å². The Kier molecular flexibility index (Phi) is 5.34. The first-order chi connectivity index (χ1) is 15.6. The Morgan fingerprint density at radius 1 is 1.12 bits per heavy atom. The zero-order valence-electron chi connectivity index (χ0n) is 17.0. The second-order valence-electron chi connectivity index (χ2n) is 7.13. The number of imidazole rings is 1. The van der Waals surface area contributed by atoms with E-state index in [0.717, 1.165) is 22.2 Å². The van der Waals surface area contributed by atoms with E-state index in [4.69, 9.17) is 16.3 Å². The van der Waals surface area contributed by atoms with E-state index in [1.54, 1.807) is 23.1 Å². The third kappa shape index (κ3) is 4.35. The lowest BCUT2D eigenvalue weighted by atomic mass is 10.1. The van der Waals surface area contributed by atoms with Crippen LogP contribution in [0.3, 0.4) is 0 Å². The summed E-state index contributed by atoms with van der Waals surface area (Å²) in [4.78, 5) is 16.5. The van der Waals surface area contributed by atoms with Crippen molar-refractivity contribution in [3.63, 3.8) is 0 Å². The Labute approximate surface area is 187 Å². The molecule has 2 N–H and O–H groups in total. The van der Waals surface area contributed by atoms with Gasteiger partial charge in [0.2, 0.25) is 11.9 Å². The molecule has 160 valence electrons. The minimum atomic E-state index is -0.183. The second kappa shape index (κ2) is 8.60. The molecule has 0 aliphatic carbocycles. The van der Waals surface area contributed by atoms with E-state index in [2.05, 4.69) is 40.8 Å². The molecule has 3 aromatic heterocycles. The number of tetrazole rings is 1. The molecule has 1 unspecified atom stereocenters. The van der Waals surface area contributed by atoms with E-state index in [1.165, 1.54) is 6.33 Å². The normalized spacial score (nSPS) is 12.1. The molecule has 0 bridgehead atoms. The van der Waals surface area contributed by atoms with Crippen LogP contribution in [0.15, 0.2) is 61.2 Å². The van der Waals surface area contributed by atoms with Crippen molar-refractivity contribution in [3.05, 3.63) is 66.2 Å². The number of aromatic amines is 1. The van der Waals surface area contributed by atoms with Gasteiger partial charge in [0.25, 0.3) is 0 Å². The van der Waals surface area contributed by atoms with Crippen LogP contribution in [0, 0.1) is 0 Å². The van der Waals surface area contributed by atoms with Crippen LogP contribution >= 0.6 is 11.6 Å². The average Bonchev–Trinajstić information content (AvgIpc) is 3.45. The van der Waals surface area contributed by atoms with Crippen LogP contribution in [0.5, 0.6) is 5.75 Å². The van der Waals surface area contributed by atoms with E-state index in [-0.39, 0.29) is 6.10 Å². The molecule has 2 aromatic carbocycles. The highest BCUT2D eigenvalue weighted by molar-refractivity contribution is 6.32. The molecule has 0 saturated heterocycles. The van der Waals surface area contributed by atoms with Gasteiger partial charge in [-0.05, 0) is 47.2 Å². The predicted octanol–water partition coefficient (Wildman–Crippen LogP) is 3.87. The van der Waals surface area contributed by atoms with Crippen molar-refractivity contribution < 1.29 is 4.74 Å². The summed E-state index contributed by atoms with van der Waals surface area (Å²) in [6.07, 6.45) is 4.82. The standard InChI is InChI=1S/C21H18ClN9O/c1-13(11-31-12-25-29-30-31)32-19-8-14(6-7-16(19)22)15-9-23-20(24-10-15)28-21-26-17-4-2-3-5-18(17)27-21/h2-10,12-13H,11H2,1H3,(H2,23,24,26,27,28). The summed E-state index contributed by atoms with van der Waals surface area (Å²) >= 11 is 6.33. The second-order valence-corrected chi connectivity index (χ2v) is 7.54. The average molecular weight is 448 g/mol. The summed E-state index contributed by atoms with van der Waals surface area (Å²) in [7, 11) is 0. The van der Waals surface area contributed by atoms with Gasteiger partial charge in [-0.15, -0.1) is 5.10 Å². The van der Waals surface area contributed by atoms with Crippen molar-refractivity contribution in [3.8, 4) is 16.9 Å². The predicted molar refractivity (Wildman–Crippen MR) is 120 cm³/mol. The summed E-state index contributed by atoms with van der Waals surface area (Å²) in [5.74, 6) is 1.58. The lowest BCUT2D eigenvalue weighted by Crippen LogP contribution is -2.20. The molecule has 0 amide bonds. The van der Waals surface area contributed by atoms with Crippen molar-refractivity contribution >= 4 is 34.5 Å². The summed E-state index contributed by atoms with van der Waals surface area (Å²) in [6, 6.07) is 13.3. The molecule has 5 aromatic rings. The number of nitrogens with zero attached hydrogens (tertiary/aromatic N) is 7. The zero-order chi connectivity index (χ0) is 21.9. The van der Waals surface area contributed by atoms with Gasteiger partial charge in [-0.1, -0.05) is 29.8 Å². The molecular weight excluding hydrogens is 430 g/mol. The van der Waals surface area contributed by atoms with Gasteiger partial charge in [0.15, 0.2) is 0 Å². The van der Waals surface area contributed by atoms with E-state index in [9.17, 15) is 0 Å². The summed E-state index contributed by atoms with van der Waals surface area (Å²) in [5.41, 5.74) is 3.52. The van der Waals surface area contributed by atoms with Crippen molar-refractivity contribution in [2.24, 2.45) is 0 Å². The SMILES string of the molecule is CC(Cn1cnnn1)Oc1cc(-c2cnc(Nc3nc4ccccc4[nH]3)nc2)ccc1Cl. The number of fused-ring (bicyclic) bond motifs is 1. The van der Waals surface area contributed by atoms with Crippen LogP contribution in [0.2, 0.25) is 5.02 Å². The number of nitrogens with one attached hydrogen (secondary N) is 2. The Morgan fingerprint density at radius 2 is 1.97 bits per heavy atom. The van der Waals surface area contributed by atoms with Gasteiger partial charge in [-0.25, -0.2) is 19.6 Å². The molecule has 10 nitrogen and oxygen atoms in total. The minimum absolute atomic E-state index is 0.183. The van der Waals surface area contributed by atoms with E-state index < -0.39 is 0 Å². The Morgan fingerprint density at radius 3 is 2.75 bits per heavy atom. The maximum atomic E-state index is 6.33. The lowest BCUT2D eigenvalue weighted by Gasteiger charge is -2.16. The molecular formula is C21H18ClN9O. The third-order valence-corrected chi connectivity index (χ3v) is 5.01. The maximum absolute atomic E-state index is 6.33. The van der Waals surface area contributed by atoms with Crippen LogP contribution in [0.1, 0.15) is 6.92 Å². The Hall–Kier alpha value is -4.05. The molecule has 0 aliphatic heterocycles. The highest BCUT2D eigenvalue weighted by Gasteiger charge is 2.12. The fourth-order valence-corrected chi connectivity index (χ4v) is 3.38. The van der Waals surface area contributed by atoms with E-state index in [1.807, 2.05) is 43.3 Å². The molecule has 0 fully saturated rings. The van der Waals surface area contributed by atoms with Crippen LogP contribution in [0.4, 0.5) is 11.9 Å². The monoisotopic (exact) mass is 447 g/mol. The van der Waals surface area contributed by atoms with Gasteiger partial charge in [0.1, 0.15) is 18.2 Å². The first-order valence-electron chi connectivity index (χ1n) is 9.85. The molecule has 3 heterocycles. The minimum Gasteiger partial charge on any atom is -0.487 e. The summed E-state index contributed by atoms with van der Waals surface area (Å²) in [6.45, 7) is 2.42. The molecule has 5 rings (SSSR count). The van der Waals surface area contributed by atoms with Crippen molar-refractivity contribution in [1.29, 1.82) is 0 Å². The van der Waals surface area contributed by atoms with Crippen LogP contribution < -0.4 is 10.1 Å². The number of hydrogen-bond acceptors (Lipinski definition) is 8. The van der Waals surface area contributed by atoms with Gasteiger partial charge >= 0.3 is 0 Å². The number of rotatable bonds is 7. The fraction of sp³-hybridized carbons (Fsp3) is 0.143. The Balaban J connectivity index is 1.30. The number of para-hydroxylation sites is 2. The van der Waals surface area contributed by atoms with Crippen molar-refractivity contribution in [2.45, 2.75) is 19.6 Å². The number of halogens is 1. The van der Waals surface area contributed by atoms with Crippen LogP contribution in [-0.4, -0.2) is 46.2 Å². The fourth-order valence-electron chi connectivity index (χ4n) is 3.21. The number of anilines is 2. The van der Waals surface area contributed by atoms with Crippen LogP contribution in [0.25, 0.3) is 22.2 Å². The first-order valence-corrected chi connectivity index (χ1v) is 10.2. The zero-order valence-corrected chi connectivity index (χ0v) is 17.7. The molecule has 0 spiro atoms. The first kappa shape index (κ1) is 19.9. The Bertz CT molecular complexity index is 1300. The molecule has 32 heavy (non-hydrogen) atoms. The molecule has 0 radical (unpaired) electrons. The number of aromatic nitrogens is 8. The lowest BCUT2D eigenvalue weighted by molar-refractivity contribution is 0.193.